The molecular formula is C20H29N5O2. The first kappa shape index (κ1) is 19.2. The molecule has 7 heteroatoms. The van der Waals surface area contributed by atoms with E-state index >= 15 is 0 Å². The minimum absolute atomic E-state index is 0.679. The van der Waals surface area contributed by atoms with Gasteiger partial charge in [-0.3, -0.25) is 9.89 Å². The van der Waals surface area contributed by atoms with Crippen LogP contribution in [0.2, 0.25) is 0 Å². The van der Waals surface area contributed by atoms with Crippen molar-refractivity contribution in [2.75, 3.05) is 45.9 Å². The maximum atomic E-state index is 5.73. The molecule has 0 radical (unpaired) electrons. The summed E-state index contributed by atoms with van der Waals surface area (Å²) in [6, 6.07) is 11.8. The van der Waals surface area contributed by atoms with Crippen molar-refractivity contribution in [1.82, 2.24) is 20.3 Å². The van der Waals surface area contributed by atoms with Gasteiger partial charge in [0.15, 0.2) is 5.96 Å². The Kier molecular flexibility index (Phi) is 7.53. The fourth-order valence-corrected chi connectivity index (χ4v) is 3.05. The topological polar surface area (TPSA) is 66.1 Å². The second-order valence-corrected chi connectivity index (χ2v) is 6.50. The van der Waals surface area contributed by atoms with E-state index in [-0.39, 0.29) is 0 Å². The second kappa shape index (κ2) is 10.6. The lowest BCUT2D eigenvalue weighted by atomic mass is 10.3. The van der Waals surface area contributed by atoms with Crippen molar-refractivity contribution in [3.05, 3.63) is 48.4 Å². The number of nitrogens with one attached hydrogen (secondary N) is 1. The first-order chi connectivity index (χ1) is 13.3. The molecule has 0 spiro atoms. The number of hydrogen-bond acceptors (Lipinski definition) is 5. The third-order valence-corrected chi connectivity index (χ3v) is 4.46. The van der Waals surface area contributed by atoms with E-state index in [9.17, 15) is 0 Å². The summed E-state index contributed by atoms with van der Waals surface area (Å²) in [5.41, 5.74) is 0.988. The van der Waals surface area contributed by atoms with Crippen LogP contribution in [0.15, 0.2) is 52.2 Å². The Bertz CT molecular complexity index is 667. The van der Waals surface area contributed by atoms with Gasteiger partial charge >= 0.3 is 0 Å². The van der Waals surface area contributed by atoms with Gasteiger partial charge in [-0.05, 0) is 19.1 Å². The van der Waals surface area contributed by atoms with Crippen LogP contribution in [-0.2, 0) is 6.54 Å². The molecule has 1 aromatic heterocycles. The summed E-state index contributed by atoms with van der Waals surface area (Å²) in [4.78, 5) is 9.50. The Morgan fingerprint density at radius 1 is 1.19 bits per heavy atom. The smallest absolute Gasteiger partial charge is 0.194 e. The van der Waals surface area contributed by atoms with Crippen LogP contribution in [0.25, 0.3) is 0 Å². The number of piperazine rings is 1. The molecule has 1 aliphatic heterocycles. The van der Waals surface area contributed by atoms with Crippen LogP contribution in [-0.4, -0.2) is 66.8 Å². The van der Waals surface area contributed by atoms with E-state index in [0.29, 0.717) is 6.61 Å². The number of hydrogen-bond donors (Lipinski definition) is 1. The third kappa shape index (κ3) is 6.29. The highest BCUT2D eigenvalue weighted by Crippen LogP contribution is 2.09. The van der Waals surface area contributed by atoms with Gasteiger partial charge in [0.25, 0.3) is 0 Å². The average molecular weight is 371 g/mol. The molecule has 0 aliphatic carbocycles. The number of benzene rings is 1. The molecule has 0 atom stereocenters. The minimum Gasteiger partial charge on any atom is -0.494 e. The summed E-state index contributed by atoms with van der Waals surface area (Å²) in [5, 5.41) is 7.41. The fraction of sp³-hybridized carbons (Fsp3) is 0.500. The number of aliphatic imine (C=N–C) groups is 1. The van der Waals surface area contributed by atoms with Gasteiger partial charge < -0.3 is 19.5 Å². The second-order valence-electron chi connectivity index (χ2n) is 6.50. The van der Waals surface area contributed by atoms with Crippen LogP contribution >= 0.6 is 0 Å². The number of ether oxygens (including phenoxy) is 1. The molecule has 146 valence electrons. The quantitative estimate of drug-likeness (QED) is 0.436. The summed E-state index contributed by atoms with van der Waals surface area (Å²) in [6.45, 7) is 9.17. The van der Waals surface area contributed by atoms with Gasteiger partial charge in [-0.2, -0.15) is 0 Å². The van der Waals surface area contributed by atoms with Gasteiger partial charge in [-0.1, -0.05) is 23.4 Å². The Hall–Kier alpha value is -2.54. The van der Waals surface area contributed by atoms with E-state index in [4.69, 9.17) is 14.3 Å². The van der Waals surface area contributed by atoms with Crippen LogP contribution in [0, 0.1) is 0 Å². The summed E-state index contributed by atoms with van der Waals surface area (Å²) in [6.07, 6.45) is 2.53. The highest BCUT2D eigenvalue weighted by molar-refractivity contribution is 5.80. The van der Waals surface area contributed by atoms with Gasteiger partial charge in [-0.15, -0.1) is 0 Å². The molecule has 0 saturated carbocycles. The van der Waals surface area contributed by atoms with E-state index < -0.39 is 0 Å². The highest BCUT2D eigenvalue weighted by atomic mass is 16.5. The van der Waals surface area contributed by atoms with Crippen molar-refractivity contribution in [3.8, 4) is 5.75 Å². The molecule has 0 unspecified atom stereocenters. The average Bonchev–Trinajstić information content (AvgIpc) is 3.21. The van der Waals surface area contributed by atoms with E-state index in [1.54, 1.807) is 6.26 Å². The van der Waals surface area contributed by atoms with Crippen molar-refractivity contribution in [2.45, 2.75) is 19.9 Å². The minimum atomic E-state index is 0.679. The third-order valence-electron chi connectivity index (χ3n) is 4.46. The molecule has 1 saturated heterocycles. The molecule has 7 nitrogen and oxygen atoms in total. The number of guanidine groups is 1. The predicted molar refractivity (Wildman–Crippen MR) is 106 cm³/mol. The lowest BCUT2D eigenvalue weighted by Gasteiger charge is -2.36. The molecule has 1 aliphatic rings. The van der Waals surface area contributed by atoms with Gasteiger partial charge in [0.05, 0.1) is 12.3 Å². The molecule has 2 aromatic rings. The van der Waals surface area contributed by atoms with Gasteiger partial charge in [0.2, 0.25) is 0 Å². The summed E-state index contributed by atoms with van der Waals surface area (Å²) in [5.74, 6) is 1.91. The first-order valence-electron chi connectivity index (χ1n) is 9.68. The standard InChI is InChI=1S/C20H29N5O2/c1-2-21-20(22-10-6-15-26-19-7-4-3-5-8-19)25-13-11-24(12-14-25)17-18-9-16-27-23-18/h3-5,7-9,16H,2,6,10-15,17H2,1H3,(H,21,22). The SMILES string of the molecule is CCNC(=NCCCOc1ccccc1)N1CCN(Cc2ccon2)CC1. The number of aromatic nitrogens is 1. The maximum absolute atomic E-state index is 5.73. The Morgan fingerprint density at radius 3 is 2.70 bits per heavy atom. The first-order valence-corrected chi connectivity index (χ1v) is 9.68. The lowest BCUT2D eigenvalue weighted by Crippen LogP contribution is -2.52. The van der Waals surface area contributed by atoms with Crippen molar-refractivity contribution < 1.29 is 9.26 Å². The van der Waals surface area contributed by atoms with Crippen LogP contribution < -0.4 is 10.1 Å². The molecule has 1 fully saturated rings. The zero-order valence-electron chi connectivity index (χ0n) is 16.0. The zero-order chi connectivity index (χ0) is 18.7. The number of rotatable bonds is 8. The largest absolute Gasteiger partial charge is 0.494 e. The van der Waals surface area contributed by atoms with E-state index in [1.807, 2.05) is 36.4 Å². The van der Waals surface area contributed by atoms with Gasteiger partial charge in [0.1, 0.15) is 12.0 Å². The fourth-order valence-electron chi connectivity index (χ4n) is 3.05. The summed E-state index contributed by atoms with van der Waals surface area (Å²) < 4.78 is 10.6. The molecule has 1 aromatic carbocycles. The van der Waals surface area contributed by atoms with Crippen molar-refractivity contribution >= 4 is 5.96 Å². The monoisotopic (exact) mass is 371 g/mol. The zero-order valence-corrected chi connectivity index (χ0v) is 16.0. The van der Waals surface area contributed by atoms with Crippen LogP contribution in [0.5, 0.6) is 5.75 Å². The van der Waals surface area contributed by atoms with Crippen LogP contribution in [0.3, 0.4) is 0 Å². The summed E-state index contributed by atoms with van der Waals surface area (Å²) in [7, 11) is 0. The Labute approximate surface area is 161 Å². The van der Waals surface area contributed by atoms with Gasteiger partial charge in [-0.25, -0.2) is 0 Å². The molecule has 27 heavy (non-hydrogen) atoms. The molecule has 0 amide bonds. The Morgan fingerprint density at radius 2 is 2.00 bits per heavy atom. The van der Waals surface area contributed by atoms with E-state index in [1.165, 1.54) is 0 Å². The van der Waals surface area contributed by atoms with Crippen LogP contribution in [0.4, 0.5) is 0 Å². The predicted octanol–water partition coefficient (Wildman–Crippen LogP) is 2.23. The highest BCUT2D eigenvalue weighted by Gasteiger charge is 2.20. The number of para-hydroxylation sites is 1. The summed E-state index contributed by atoms with van der Waals surface area (Å²) >= 11 is 0. The molecule has 2 heterocycles. The van der Waals surface area contributed by atoms with E-state index in [2.05, 4.69) is 27.2 Å². The Balaban J connectivity index is 1.40. The van der Waals surface area contributed by atoms with Crippen molar-refractivity contribution in [2.24, 2.45) is 4.99 Å². The van der Waals surface area contributed by atoms with Crippen molar-refractivity contribution in [3.63, 3.8) is 0 Å². The number of nitrogens with zero attached hydrogens (tertiary/aromatic N) is 4. The van der Waals surface area contributed by atoms with Crippen molar-refractivity contribution in [1.29, 1.82) is 0 Å². The van der Waals surface area contributed by atoms with Gasteiger partial charge in [0, 0.05) is 58.3 Å². The molecule has 1 N–H and O–H groups in total. The molecule has 0 bridgehead atoms. The maximum Gasteiger partial charge on any atom is 0.194 e. The molecule has 3 rings (SSSR count). The van der Waals surface area contributed by atoms with E-state index in [0.717, 1.165) is 69.6 Å². The normalized spacial score (nSPS) is 15.7. The van der Waals surface area contributed by atoms with Crippen LogP contribution in [0.1, 0.15) is 19.0 Å². The molecular weight excluding hydrogens is 342 g/mol. The lowest BCUT2D eigenvalue weighted by molar-refractivity contribution is 0.169.